The summed E-state index contributed by atoms with van der Waals surface area (Å²) in [5.74, 6) is 0.411. The Kier molecular flexibility index (Phi) is 13.7. The molecule has 0 atom stereocenters. The predicted molar refractivity (Wildman–Crippen MR) is 127 cm³/mol. The summed E-state index contributed by atoms with van der Waals surface area (Å²) in [5.41, 5.74) is 1.70. The van der Waals surface area contributed by atoms with E-state index in [1.54, 1.807) is 56.6 Å². The van der Waals surface area contributed by atoms with Crippen molar-refractivity contribution in [1.82, 2.24) is 14.7 Å². The van der Waals surface area contributed by atoms with Crippen molar-refractivity contribution in [3.05, 3.63) is 34.0 Å². The molecule has 194 valence electrons. The van der Waals surface area contributed by atoms with E-state index in [0.717, 1.165) is 38.9 Å². The molecule has 3 rings (SSSR count). The van der Waals surface area contributed by atoms with Crippen molar-refractivity contribution < 1.29 is 46.8 Å². The Balaban J connectivity index is 0.000000473. The van der Waals surface area contributed by atoms with Crippen LogP contribution in [0, 0.1) is 0 Å². The van der Waals surface area contributed by atoms with Gasteiger partial charge in [0.05, 0.1) is 34.0 Å². The van der Waals surface area contributed by atoms with E-state index in [1.807, 2.05) is 0 Å². The summed E-state index contributed by atoms with van der Waals surface area (Å²) in [6.45, 7) is 7.09. The van der Waals surface area contributed by atoms with E-state index < -0.39 is 0 Å². The van der Waals surface area contributed by atoms with Crippen LogP contribution in [-0.4, -0.2) is 88.5 Å². The van der Waals surface area contributed by atoms with Crippen LogP contribution in [0.3, 0.4) is 0 Å². The van der Waals surface area contributed by atoms with Gasteiger partial charge < -0.3 is 30.0 Å². The Hall–Kier alpha value is -2.45. The molecule has 0 bridgehead atoms. The van der Waals surface area contributed by atoms with Crippen molar-refractivity contribution in [2.75, 3.05) is 40.8 Å². The van der Waals surface area contributed by atoms with Crippen LogP contribution in [0.25, 0.3) is 0 Å². The van der Waals surface area contributed by atoms with Crippen LogP contribution < -0.4 is 0 Å². The van der Waals surface area contributed by atoms with E-state index in [0.29, 0.717) is 36.0 Å². The number of aliphatic hydroxyl groups is 3. The fourth-order valence-electron chi connectivity index (χ4n) is 3.80. The number of hydrogen-bond acceptors (Lipinski definition) is 6. The summed E-state index contributed by atoms with van der Waals surface area (Å²) in [7, 11) is 5.26. The Labute approximate surface area is 213 Å². The molecular weight excluding hydrogens is 482 g/mol. The van der Waals surface area contributed by atoms with Crippen molar-refractivity contribution in [3.63, 3.8) is 0 Å². The molecule has 3 aliphatic heterocycles. The Morgan fingerprint density at radius 1 is 0.559 bits per heavy atom. The van der Waals surface area contributed by atoms with Crippen LogP contribution in [0.4, 0.5) is 0 Å². The van der Waals surface area contributed by atoms with E-state index in [9.17, 15) is 14.4 Å². The van der Waals surface area contributed by atoms with Gasteiger partial charge in [-0.1, -0.05) is 0 Å². The minimum absolute atomic E-state index is 0. The Bertz CT molecular complexity index is 728. The molecule has 3 heterocycles. The summed E-state index contributed by atoms with van der Waals surface area (Å²) < 4.78 is 0. The monoisotopic (exact) mass is 521 g/mol. The van der Waals surface area contributed by atoms with Crippen LogP contribution >= 0.6 is 0 Å². The van der Waals surface area contributed by atoms with Crippen molar-refractivity contribution in [3.8, 4) is 0 Å². The van der Waals surface area contributed by atoms with Crippen LogP contribution in [-0.2, 0) is 31.5 Å². The first-order valence-electron chi connectivity index (χ1n) is 11.3. The fraction of sp³-hybridized carbons (Fsp3) is 0.625. The number of carbonyl (C=O) groups is 3. The average Bonchev–Trinajstić information content (AvgIpc) is 2.74. The molecule has 0 unspecified atom stereocenters. The standard InChI is InChI=1S/3C8H13NO2.Fe/c3*1-6(10)7-4-3-5-9(2)8(7)11;/h3*10H,3-5H2,1-2H3;. The topological polar surface area (TPSA) is 122 Å². The van der Waals surface area contributed by atoms with Gasteiger partial charge in [0.25, 0.3) is 17.7 Å². The second-order valence-electron chi connectivity index (χ2n) is 8.68. The summed E-state index contributed by atoms with van der Waals surface area (Å²) in [4.78, 5) is 38.7. The molecule has 3 amide bonds. The molecular formula is C24H39FeN3O6. The van der Waals surface area contributed by atoms with E-state index >= 15 is 0 Å². The van der Waals surface area contributed by atoms with Gasteiger partial charge in [-0.05, 0) is 59.3 Å². The molecule has 0 aliphatic carbocycles. The number of likely N-dealkylation sites (N-methyl/N-ethyl adjacent to an activating group) is 3. The minimum atomic E-state index is -0.0312. The first-order chi connectivity index (χ1) is 15.4. The van der Waals surface area contributed by atoms with E-state index in [4.69, 9.17) is 15.3 Å². The molecule has 0 aromatic carbocycles. The van der Waals surface area contributed by atoms with Gasteiger partial charge in [-0.2, -0.15) is 0 Å². The molecule has 0 spiro atoms. The van der Waals surface area contributed by atoms with Crippen molar-refractivity contribution >= 4 is 17.7 Å². The second-order valence-corrected chi connectivity index (χ2v) is 8.68. The van der Waals surface area contributed by atoms with Crippen molar-refractivity contribution in [2.24, 2.45) is 0 Å². The number of likely N-dealkylation sites (tertiary alicyclic amines) is 3. The van der Waals surface area contributed by atoms with Gasteiger partial charge in [0.1, 0.15) is 0 Å². The van der Waals surface area contributed by atoms with Gasteiger partial charge in [0.15, 0.2) is 0 Å². The maximum absolute atomic E-state index is 11.3. The summed E-state index contributed by atoms with van der Waals surface area (Å²) in [5, 5.41) is 27.3. The number of hydrogen-bond donors (Lipinski definition) is 3. The van der Waals surface area contributed by atoms with Gasteiger partial charge in [0, 0.05) is 57.8 Å². The maximum atomic E-state index is 11.3. The van der Waals surface area contributed by atoms with Gasteiger partial charge in [0.2, 0.25) is 0 Å². The van der Waals surface area contributed by atoms with Crippen molar-refractivity contribution in [1.29, 1.82) is 0 Å². The number of aliphatic hydroxyl groups excluding tert-OH is 3. The smallest absolute Gasteiger partial charge is 0.252 e. The summed E-state index contributed by atoms with van der Waals surface area (Å²) >= 11 is 0. The zero-order chi connectivity index (χ0) is 25.3. The fourth-order valence-corrected chi connectivity index (χ4v) is 3.80. The normalized spacial score (nSPS) is 23.1. The predicted octanol–water partition coefficient (Wildman–Crippen LogP) is 3.21. The molecule has 0 aromatic heterocycles. The first-order valence-corrected chi connectivity index (χ1v) is 11.3. The quantitative estimate of drug-likeness (QED) is 0.256. The molecule has 9 nitrogen and oxygen atoms in total. The third kappa shape index (κ3) is 9.06. The third-order valence-corrected chi connectivity index (χ3v) is 5.89. The third-order valence-electron chi connectivity index (χ3n) is 5.89. The number of rotatable bonds is 0. The molecule has 3 aliphatic rings. The molecule has 3 fully saturated rings. The number of piperidine rings is 3. The Morgan fingerprint density at radius 3 is 0.912 bits per heavy atom. The van der Waals surface area contributed by atoms with Crippen LogP contribution in [0.15, 0.2) is 34.0 Å². The molecule has 10 heteroatoms. The average molecular weight is 521 g/mol. The van der Waals surface area contributed by atoms with Crippen LogP contribution in [0.5, 0.6) is 0 Å². The number of nitrogens with zero attached hydrogens (tertiary/aromatic N) is 3. The van der Waals surface area contributed by atoms with E-state index in [2.05, 4.69) is 0 Å². The van der Waals surface area contributed by atoms with Crippen molar-refractivity contribution in [2.45, 2.75) is 59.3 Å². The maximum Gasteiger partial charge on any atom is 0.252 e. The van der Waals surface area contributed by atoms with Gasteiger partial charge >= 0.3 is 0 Å². The Morgan fingerprint density at radius 2 is 0.765 bits per heavy atom. The number of carbonyl (C=O) groups excluding carboxylic acids is 3. The van der Waals surface area contributed by atoms with Crippen LogP contribution in [0.1, 0.15) is 59.3 Å². The zero-order valence-corrected chi connectivity index (χ0v) is 22.2. The molecule has 0 radical (unpaired) electrons. The zero-order valence-electron chi connectivity index (χ0n) is 21.1. The molecule has 34 heavy (non-hydrogen) atoms. The molecule has 3 saturated heterocycles. The summed E-state index contributed by atoms with van der Waals surface area (Å²) in [6, 6.07) is 0. The molecule has 0 saturated carbocycles. The summed E-state index contributed by atoms with van der Waals surface area (Å²) in [6.07, 6.45) is 5.00. The number of amides is 3. The van der Waals surface area contributed by atoms with Crippen LogP contribution in [0.2, 0.25) is 0 Å². The van der Waals surface area contributed by atoms with Gasteiger partial charge in [-0.3, -0.25) is 14.4 Å². The molecule has 0 aromatic rings. The molecule has 3 N–H and O–H groups in total. The van der Waals surface area contributed by atoms with Gasteiger partial charge in [-0.25, -0.2) is 0 Å². The van der Waals surface area contributed by atoms with E-state index in [1.165, 1.54) is 0 Å². The largest absolute Gasteiger partial charge is 0.512 e. The van der Waals surface area contributed by atoms with Gasteiger partial charge in [-0.15, -0.1) is 0 Å². The second kappa shape index (κ2) is 14.7. The SMILES string of the molecule is CC(O)=C1CCCN(C)C1=O.CC(O)=C1CCCN(C)C1=O.CC(O)=C1CCCN(C)C1=O.[Fe]. The van der Waals surface area contributed by atoms with E-state index in [-0.39, 0.29) is 52.1 Å². The number of allylic oxidation sites excluding steroid dienone is 3. The first kappa shape index (κ1) is 31.5. The minimum Gasteiger partial charge on any atom is -0.512 e.